The molecule has 2 aliphatic heterocycles. The molecule has 8 heteroatoms. The fraction of sp³-hybridized carbons (Fsp3) is 0.667. The van der Waals surface area contributed by atoms with Gasteiger partial charge in [0.15, 0.2) is 0 Å². The molecule has 0 radical (unpaired) electrons. The summed E-state index contributed by atoms with van der Waals surface area (Å²) in [5.74, 6) is 2.11. The van der Waals surface area contributed by atoms with Crippen LogP contribution < -0.4 is 4.74 Å². The SMILES string of the molecule is CC(=O)N1CCC(N2CCC[C@H]2c2nc(-c3ccc(OC4CCCCC4)nc3)no2)CC1. The summed E-state index contributed by atoms with van der Waals surface area (Å²) < 4.78 is 11.7. The molecule has 0 unspecified atom stereocenters. The van der Waals surface area contributed by atoms with Crippen molar-refractivity contribution >= 4 is 5.91 Å². The minimum absolute atomic E-state index is 0.159. The molecule has 1 atom stereocenters. The highest BCUT2D eigenvalue weighted by Crippen LogP contribution is 2.36. The van der Waals surface area contributed by atoms with Crippen molar-refractivity contribution in [1.82, 2.24) is 24.9 Å². The van der Waals surface area contributed by atoms with Crippen molar-refractivity contribution in [2.45, 2.75) is 82.9 Å². The van der Waals surface area contributed by atoms with Crippen molar-refractivity contribution in [2.75, 3.05) is 19.6 Å². The zero-order chi connectivity index (χ0) is 21.9. The van der Waals surface area contributed by atoms with Gasteiger partial charge in [-0.1, -0.05) is 11.6 Å². The van der Waals surface area contributed by atoms with Gasteiger partial charge in [0, 0.05) is 43.9 Å². The topological polar surface area (TPSA) is 84.6 Å². The van der Waals surface area contributed by atoms with Gasteiger partial charge in [-0.15, -0.1) is 0 Å². The zero-order valence-corrected chi connectivity index (χ0v) is 18.9. The fourth-order valence-electron chi connectivity index (χ4n) is 5.43. The van der Waals surface area contributed by atoms with Crippen LogP contribution in [0.15, 0.2) is 22.9 Å². The molecule has 0 spiro atoms. The zero-order valence-electron chi connectivity index (χ0n) is 18.9. The molecule has 1 aliphatic carbocycles. The predicted octanol–water partition coefficient (Wildman–Crippen LogP) is 3.99. The summed E-state index contributed by atoms with van der Waals surface area (Å²) in [6.07, 6.45) is 12.2. The molecule has 2 aromatic heterocycles. The van der Waals surface area contributed by atoms with Gasteiger partial charge in [-0.3, -0.25) is 9.69 Å². The third-order valence-electron chi connectivity index (χ3n) is 7.23. The molecule has 2 aromatic rings. The Morgan fingerprint density at radius 3 is 2.56 bits per heavy atom. The van der Waals surface area contributed by atoms with Gasteiger partial charge in [-0.05, 0) is 64.0 Å². The van der Waals surface area contributed by atoms with Gasteiger partial charge in [0.1, 0.15) is 6.10 Å². The van der Waals surface area contributed by atoms with Crippen molar-refractivity contribution in [3.63, 3.8) is 0 Å². The lowest BCUT2D eigenvalue weighted by Gasteiger charge is -2.38. The van der Waals surface area contributed by atoms with Crippen LogP contribution in [0, 0.1) is 0 Å². The maximum absolute atomic E-state index is 11.6. The molecule has 4 heterocycles. The second-order valence-corrected chi connectivity index (χ2v) is 9.35. The molecule has 0 aromatic carbocycles. The fourth-order valence-corrected chi connectivity index (χ4v) is 5.43. The van der Waals surface area contributed by atoms with Crippen molar-refractivity contribution in [3.05, 3.63) is 24.2 Å². The van der Waals surface area contributed by atoms with Gasteiger partial charge in [-0.2, -0.15) is 4.98 Å². The predicted molar refractivity (Wildman–Crippen MR) is 119 cm³/mol. The van der Waals surface area contributed by atoms with Crippen LogP contribution >= 0.6 is 0 Å². The number of pyridine rings is 1. The lowest BCUT2D eigenvalue weighted by molar-refractivity contribution is -0.130. The van der Waals surface area contributed by atoms with Crippen LogP contribution in [0.4, 0.5) is 0 Å². The molecule has 32 heavy (non-hydrogen) atoms. The van der Waals surface area contributed by atoms with E-state index in [4.69, 9.17) is 14.2 Å². The van der Waals surface area contributed by atoms with Crippen LogP contribution in [-0.2, 0) is 4.79 Å². The maximum Gasteiger partial charge on any atom is 0.244 e. The van der Waals surface area contributed by atoms with Crippen LogP contribution in [0.25, 0.3) is 11.4 Å². The number of piperidine rings is 1. The van der Waals surface area contributed by atoms with Crippen LogP contribution in [0.2, 0.25) is 0 Å². The largest absolute Gasteiger partial charge is 0.474 e. The highest BCUT2D eigenvalue weighted by molar-refractivity contribution is 5.73. The summed E-state index contributed by atoms with van der Waals surface area (Å²) in [5.41, 5.74) is 0.843. The van der Waals surface area contributed by atoms with Crippen molar-refractivity contribution in [2.24, 2.45) is 0 Å². The van der Waals surface area contributed by atoms with Crippen molar-refractivity contribution < 1.29 is 14.1 Å². The minimum Gasteiger partial charge on any atom is -0.474 e. The van der Waals surface area contributed by atoms with E-state index in [1.54, 1.807) is 13.1 Å². The monoisotopic (exact) mass is 439 g/mol. The first-order valence-electron chi connectivity index (χ1n) is 12.2. The number of rotatable bonds is 5. The number of aromatic nitrogens is 3. The number of carbonyl (C=O) groups is 1. The van der Waals surface area contributed by atoms with E-state index in [0.717, 1.165) is 63.7 Å². The van der Waals surface area contributed by atoms with Gasteiger partial charge < -0.3 is 14.2 Å². The molecule has 3 fully saturated rings. The molecule has 8 nitrogen and oxygen atoms in total. The Bertz CT molecular complexity index is 901. The Morgan fingerprint density at radius 1 is 1.03 bits per heavy atom. The molecule has 5 rings (SSSR count). The third kappa shape index (κ3) is 4.65. The van der Waals surface area contributed by atoms with E-state index >= 15 is 0 Å². The summed E-state index contributed by atoms with van der Waals surface area (Å²) in [7, 11) is 0. The number of likely N-dealkylation sites (tertiary alicyclic amines) is 2. The molecule has 3 aliphatic rings. The lowest BCUT2D eigenvalue weighted by Crippen LogP contribution is -2.46. The normalized spacial score (nSPS) is 23.5. The highest BCUT2D eigenvalue weighted by atomic mass is 16.5. The molecular weight excluding hydrogens is 406 g/mol. The van der Waals surface area contributed by atoms with E-state index < -0.39 is 0 Å². The number of hydrogen-bond acceptors (Lipinski definition) is 7. The number of amides is 1. The third-order valence-corrected chi connectivity index (χ3v) is 7.23. The van der Waals surface area contributed by atoms with Crippen LogP contribution in [0.1, 0.15) is 76.6 Å². The van der Waals surface area contributed by atoms with Gasteiger partial charge in [0.05, 0.1) is 6.04 Å². The Kier molecular flexibility index (Phi) is 6.39. The summed E-state index contributed by atoms with van der Waals surface area (Å²) in [6, 6.07) is 4.49. The summed E-state index contributed by atoms with van der Waals surface area (Å²) >= 11 is 0. The number of hydrogen-bond donors (Lipinski definition) is 0. The van der Waals surface area contributed by atoms with Gasteiger partial charge in [0.25, 0.3) is 0 Å². The maximum atomic E-state index is 11.6. The first kappa shape index (κ1) is 21.4. The van der Waals surface area contributed by atoms with Gasteiger partial charge >= 0.3 is 0 Å². The minimum atomic E-state index is 0.159. The highest BCUT2D eigenvalue weighted by Gasteiger charge is 2.37. The number of carbonyl (C=O) groups excluding carboxylic acids is 1. The first-order chi connectivity index (χ1) is 15.7. The summed E-state index contributed by atoms with van der Waals surface area (Å²) in [4.78, 5) is 25.3. The lowest BCUT2D eigenvalue weighted by atomic mass is 9.98. The molecule has 1 amide bonds. The van der Waals surface area contributed by atoms with E-state index in [0.29, 0.717) is 23.6 Å². The van der Waals surface area contributed by atoms with E-state index in [-0.39, 0.29) is 18.1 Å². The smallest absolute Gasteiger partial charge is 0.244 e. The molecule has 172 valence electrons. The van der Waals surface area contributed by atoms with Crippen molar-refractivity contribution in [1.29, 1.82) is 0 Å². The first-order valence-corrected chi connectivity index (χ1v) is 12.2. The van der Waals surface area contributed by atoms with E-state index in [9.17, 15) is 4.79 Å². The van der Waals surface area contributed by atoms with Crippen molar-refractivity contribution in [3.8, 4) is 17.3 Å². The second kappa shape index (κ2) is 9.57. The van der Waals surface area contributed by atoms with Crippen LogP contribution in [-0.4, -0.2) is 62.6 Å². The summed E-state index contributed by atoms with van der Waals surface area (Å²) in [5, 5.41) is 4.24. The average Bonchev–Trinajstić information content (AvgIpc) is 3.50. The van der Waals surface area contributed by atoms with E-state index in [2.05, 4.69) is 15.0 Å². The Labute approximate surface area is 189 Å². The Morgan fingerprint density at radius 2 is 1.84 bits per heavy atom. The van der Waals surface area contributed by atoms with Crippen LogP contribution in [0.5, 0.6) is 5.88 Å². The Balaban J connectivity index is 1.22. The van der Waals surface area contributed by atoms with E-state index in [1.165, 1.54) is 19.3 Å². The summed E-state index contributed by atoms with van der Waals surface area (Å²) in [6.45, 7) is 4.36. The molecular formula is C24H33N5O3. The molecule has 0 N–H and O–H groups in total. The van der Waals surface area contributed by atoms with E-state index in [1.807, 2.05) is 17.0 Å². The van der Waals surface area contributed by atoms with Gasteiger partial charge in [-0.25, -0.2) is 4.98 Å². The standard InChI is InChI=1S/C24H33N5O3/c1-17(30)28-14-11-19(12-15-28)29-13-5-8-21(29)24-26-23(27-32-24)18-9-10-22(25-16-18)31-20-6-3-2-4-7-20/h9-10,16,19-21H,2-8,11-15H2,1H3/t21-/m0/s1. The molecule has 0 bridgehead atoms. The van der Waals surface area contributed by atoms with Crippen LogP contribution in [0.3, 0.4) is 0 Å². The molecule has 2 saturated heterocycles. The van der Waals surface area contributed by atoms with Gasteiger partial charge in [0.2, 0.25) is 23.5 Å². The molecule has 1 saturated carbocycles. The quantitative estimate of drug-likeness (QED) is 0.696. The average molecular weight is 440 g/mol. The number of ether oxygens (including phenoxy) is 1. The number of nitrogens with zero attached hydrogens (tertiary/aromatic N) is 5. The second-order valence-electron chi connectivity index (χ2n) is 9.35. The Hall–Kier alpha value is -2.48.